The van der Waals surface area contributed by atoms with Crippen LogP contribution < -0.4 is 4.74 Å². The van der Waals surface area contributed by atoms with Gasteiger partial charge in [-0.15, -0.1) is 11.3 Å². The van der Waals surface area contributed by atoms with Crippen molar-refractivity contribution < 1.29 is 17.9 Å². The summed E-state index contributed by atoms with van der Waals surface area (Å²) >= 11 is 1.77. The minimum absolute atomic E-state index is 0.641. The maximum atomic E-state index is 12.9. The summed E-state index contributed by atoms with van der Waals surface area (Å²) < 4.78 is 43.8. The van der Waals surface area contributed by atoms with E-state index < -0.39 is 11.7 Å². The van der Waals surface area contributed by atoms with E-state index in [4.69, 9.17) is 4.74 Å². The SMILES string of the molecule is COc1ccc(-c2ccc(-c3ccc(-c4ccc(-c5ccc(-c6ccc(C(F)(F)F)cc6)cc5)cc4)cc3)s2)cc1. The topological polar surface area (TPSA) is 9.23 Å². The highest BCUT2D eigenvalue weighted by Crippen LogP contribution is 2.36. The predicted molar refractivity (Wildman–Crippen MR) is 163 cm³/mol. The number of rotatable bonds is 6. The highest BCUT2D eigenvalue weighted by Gasteiger charge is 2.29. The van der Waals surface area contributed by atoms with Gasteiger partial charge in [-0.3, -0.25) is 0 Å². The van der Waals surface area contributed by atoms with Crippen LogP contribution in [0.2, 0.25) is 0 Å². The minimum Gasteiger partial charge on any atom is -0.497 e. The Morgan fingerprint density at radius 3 is 1.02 bits per heavy atom. The van der Waals surface area contributed by atoms with Crippen LogP contribution in [0.4, 0.5) is 13.2 Å². The molecule has 0 bridgehead atoms. The van der Waals surface area contributed by atoms with Crippen LogP contribution >= 0.6 is 11.3 Å². The number of alkyl halides is 3. The first-order chi connectivity index (χ1) is 19.9. The largest absolute Gasteiger partial charge is 0.497 e. The van der Waals surface area contributed by atoms with Crippen molar-refractivity contribution in [1.82, 2.24) is 0 Å². The van der Waals surface area contributed by atoms with E-state index in [1.165, 1.54) is 33.0 Å². The van der Waals surface area contributed by atoms with Crippen LogP contribution in [-0.4, -0.2) is 7.11 Å². The van der Waals surface area contributed by atoms with Crippen molar-refractivity contribution in [2.75, 3.05) is 7.11 Å². The van der Waals surface area contributed by atoms with Gasteiger partial charge in [-0.05, 0) is 93.0 Å². The second kappa shape index (κ2) is 11.1. The summed E-state index contributed by atoms with van der Waals surface area (Å²) in [7, 11) is 1.67. The average Bonchev–Trinajstić information content (AvgIpc) is 3.52. The summed E-state index contributed by atoms with van der Waals surface area (Å²) in [5.41, 5.74) is 7.75. The first-order valence-corrected chi connectivity index (χ1v) is 13.9. The van der Waals surface area contributed by atoms with E-state index in [0.29, 0.717) is 0 Å². The van der Waals surface area contributed by atoms with E-state index in [0.717, 1.165) is 51.3 Å². The Hall–Kier alpha value is -4.61. The van der Waals surface area contributed by atoms with E-state index in [1.807, 2.05) is 36.4 Å². The molecule has 5 heteroatoms. The van der Waals surface area contributed by atoms with E-state index in [-0.39, 0.29) is 0 Å². The van der Waals surface area contributed by atoms with Gasteiger partial charge in [0.1, 0.15) is 5.75 Å². The van der Waals surface area contributed by atoms with Gasteiger partial charge in [0.2, 0.25) is 0 Å². The summed E-state index contributed by atoms with van der Waals surface area (Å²) in [6.07, 6.45) is -4.33. The monoisotopic (exact) mass is 562 g/mol. The molecule has 0 aliphatic rings. The molecule has 6 rings (SSSR count). The van der Waals surface area contributed by atoms with E-state index in [2.05, 4.69) is 72.8 Å². The van der Waals surface area contributed by atoms with Crippen molar-refractivity contribution in [3.8, 4) is 60.0 Å². The summed E-state index contributed by atoms with van der Waals surface area (Å²) in [4.78, 5) is 2.44. The molecule has 0 fully saturated rings. The normalized spacial score (nSPS) is 11.4. The highest BCUT2D eigenvalue weighted by molar-refractivity contribution is 7.18. The van der Waals surface area contributed by atoms with Crippen molar-refractivity contribution in [3.05, 3.63) is 139 Å². The molecule has 0 aliphatic carbocycles. The predicted octanol–water partition coefficient (Wildman–Crippen LogP) is 11.1. The molecule has 0 aliphatic heterocycles. The zero-order valence-electron chi connectivity index (χ0n) is 22.2. The van der Waals surface area contributed by atoms with Gasteiger partial charge in [0.25, 0.3) is 0 Å². The fourth-order valence-electron chi connectivity index (χ4n) is 4.79. The standard InChI is InChI=1S/C36H25F3OS/c1-40-33-20-16-31(17-21-33)35-23-22-34(41-35)30-12-10-28(11-13-30)26-4-2-24(3-5-26)25-6-8-27(9-7-25)29-14-18-32(19-15-29)36(37,38)39/h2-23H,1H3. The third-order valence-corrected chi connectivity index (χ3v) is 8.32. The molecule has 0 N–H and O–H groups in total. The van der Waals surface area contributed by atoms with Gasteiger partial charge in [0.05, 0.1) is 12.7 Å². The third kappa shape index (κ3) is 5.81. The number of ether oxygens (including phenoxy) is 1. The first-order valence-electron chi connectivity index (χ1n) is 13.1. The third-order valence-electron chi connectivity index (χ3n) is 7.13. The molecule has 202 valence electrons. The molecule has 1 aromatic heterocycles. The van der Waals surface area contributed by atoms with Crippen molar-refractivity contribution in [2.24, 2.45) is 0 Å². The van der Waals surface area contributed by atoms with Gasteiger partial charge < -0.3 is 4.74 Å². The highest BCUT2D eigenvalue weighted by atomic mass is 32.1. The summed E-state index contributed by atoms with van der Waals surface area (Å²) in [5.74, 6) is 0.851. The van der Waals surface area contributed by atoms with Crippen LogP contribution in [0, 0.1) is 0 Å². The smallest absolute Gasteiger partial charge is 0.416 e. The lowest BCUT2D eigenvalue weighted by atomic mass is 9.97. The Labute approximate surface area is 241 Å². The summed E-state index contributed by atoms with van der Waals surface area (Å²) in [6, 6.07) is 42.6. The maximum absolute atomic E-state index is 12.9. The second-order valence-corrected chi connectivity index (χ2v) is 10.8. The molecule has 0 atom stereocenters. The van der Waals surface area contributed by atoms with Gasteiger partial charge >= 0.3 is 6.18 Å². The van der Waals surface area contributed by atoms with Gasteiger partial charge in [-0.25, -0.2) is 0 Å². The van der Waals surface area contributed by atoms with Crippen LogP contribution in [0.1, 0.15) is 5.56 Å². The first kappa shape index (κ1) is 26.6. The Kier molecular flexibility index (Phi) is 7.21. The van der Waals surface area contributed by atoms with Gasteiger partial charge in [0, 0.05) is 9.75 Å². The Bertz CT molecular complexity index is 1750. The zero-order chi connectivity index (χ0) is 28.4. The lowest BCUT2D eigenvalue weighted by Crippen LogP contribution is -2.03. The van der Waals surface area contributed by atoms with Gasteiger partial charge in [-0.2, -0.15) is 13.2 Å². The van der Waals surface area contributed by atoms with E-state index in [1.54, 1.807) is 18.4 Å². The maximum Gasteiger partial charge on any atom is 0.416 e. The number of hydrogen-bond donors (Lipinski definition) is 0. The molecule has 0 saturated carbocycles. The Morgan fingerprint density at radius 1 is 0.415 bits per heavy atom. The quantitative estimate of drug-likeness (QED) is 0.196. The fraction of sp³-hybridized carbons (Fsp3) is 0.0556. The molecule has 41 heavy (non-hydrogen) atoms. The average molecular weight is 563 g/mol. The molecule has 1 heterocycles. The number of hydrogen-bond acceptors (Lipinski definition) is 2. The van der Waals surface area contributed by atoms with Crippen LogP contribution in [0.3, 0.4) is 0 Å². The number of halogens is 3. The molecule has 0 spiro atoms. The molecule has 0 saturated heterocycles. The van der Waals surface area contributed by atoms with Crippen LogP contribution in [0.25, 0.3) is 54.3 Å². The number of thiophene rings is 1. The van der Waals surface area contributed by atoms with Crippen molar-refractivity contribution >= 4 is 11.3 Å². The van der Waals surface area contributed by atoms with Crippen LogP contribution in [0.15, 0.2) is 133 Å². The lowest BCUT2D eigenvalue weighted by molar-refractivity contribution is -0.137. The molecule has 0 unspecified atom stereocenters. The molecule has 6 aromatic rings. The van der Waals surface area contributed by atoms with E-state index >= 15 is 0 Å². The fourth-order valence-corrected chi connectivity index (χ4v) is 5.81. The molecular formula is C36H25F3OS. The van der Waals surface area contributed by atoms with Crippen LogP contribution in [-0.2, 0) is 6.18 Å². The summed E-state index contributed by atoms with van der Waals surface area (Å²) in [5, 5.41) is 0. The van der Waals surface area contributed by atoms with Gasteiger partial charge in [0.15, 0.2) is 0 Å². The van der Waals surface area contributed by atoms with Gasteiger partial charge in [-0.1, -0.05) is 84.9 Å². The lowest BCUT2D eigenvalue weighted by Gasteiger charge is -2.09. The van der Waals surface area contributed by atoms with Crippen LogP contribution in [0.5, 0.6) is 5.75 Å². The Balaban J connectivity index is 1.14. The van der Waals surface area contributed by atoms with E-state index in [9.17, 15) is 13.2 Å². The zero-order valence-corrected chi connectivity index (χ0v) is 23.0. The number of methoxy groups -OCH3 is 1. The molecule has 1 nitrogen and oxygen atoms in total. The number of benzene rings is 5. The molecule has 0 radical (unpaired) electrons. The van der Waals surface area contributed by atoms with Crippen molar-refractivity contribution in [3.63, 3.8) is 0 Å². The second-order valence-electron chi connectivity index (χ2n) is 9.70. The molecule has 5 aromatic carbocycles. The Morgan fingerprint density at radius 2 is 0.707 bits per heavy atom. The van der Waals surface area contributed by atoms with Crippen molar-refractivity contribution in [2.45, 2.75) is 6.18 Å². The molecule has 0 amide bonds. The minimum atomic E-state index is -4.33. The molecular weight excluding hydrogens is 537 g/mol. The van der Waals surface area contributed by atoms with Crippen molar-refractivity contribution in [1.29, 1.82) is 0 Å². The summed E-state index contributed by atoms with van der Waals surface area (Å²) in [6.45, 7) is 0.